The van der Waals surface area contributed by atoms with E-state index in [0.717, 1.165) is 55.5 Å². The molecule has 2 nitrogen and oxygen atoms in total. The molecule has 0 atom stereocenters. The van der Waals surface area contributed by atoms with Crippen LogP contribution in [0.25, 0.3) is 88.3 Å². The molecule has 0 radical (unpaired) electrons. The Balaban J connectivity index is 0.899. The Morgan fingerprint density at radius 1 is 0.318 bits per heavy atom. The summed E-state index contributed by atoms with van der Waals surface area (Å²) in [5.41, 5.74) is 23.0. The minimum absolute atomic E-state index is 0.0533. The Kier molecular flexibility index (Phi) is 8.33. The lowest BCUT2D eigenvalue weighted by atomic mass is 9.81. The van der Waals surface area contributed by atoms with Crippen LogP contribution in [0.15, 0.2) is 217 Å². The normalized spacial score (nSPS) is 14.0. The highest BCUT2D eigenvalue weighted by Crippen LogP contribution is 2.53. The second-order valence-electron chi connectivity index (χ2n) is 19.3. The number of rotatable bonds is 6. The second kappa shape index (κ2) is 14.3. The van der Waals surface area contributed by atoms with Crippen LogP contribution in [0.1, 0.15) is 49.9 Å². The number of nitrogens with zero attached hydrogens (tertiary/aromatic N) is 1. The number of anilines is 3. The number of hydrogen-bond acceptors (Lipinski definition) is 2. The molecule has 66 heavy (non-hydrogen) atoms. The van der Waals surface area contributed by atoms with Crippen molar-refractivity contribution in [2.75, 3.05) is 4.90 Å². The number of furan rings is 1. The maximum Gasteiger partial charge on any atom is 0.143 e. The van der Waals surface area contributed by atoms with Gasteiger partial charge in [0, 0.05) is 49.6 Å². The molecule has 2 aliphatic carbocycles. The van der Waals surface area contributed by atoms with Crippen LogP contribution in [-0.2, 0) is 10.8 Å². The highest BCUT2D eigenvalue weighted by Gasteiger charge is 2.37. The summed E-state index contributed by atoms with van der Waals surface area (Å²) >= 11 is 0. The van der Waals surface area contributed by atoms with Crippen molar-refractivity contribution in [1.82, 2.24) is 0 Å². The zero-order valence-corrected chi connectivity index (χ0v) is 37.6. The monoisotopic (exact) mass is 845 g/mol. The van der Waals surface area contributed by atoms with Gasteiger partial charge in [-0.05, 0) is 126 Å². The summed E-state index contributed by atoms with van der Waals surface area (Å²) in [6.45, 7) is 9.40. The van der Waals surface area contributed by atoms with E-state index in [2.05, 4.69) is 245 Å². The molecule has 11 aromatic rings. The second-order valence-corrected chi connectivity index (χ2v) is 19.3. The zero-order chi connectivity index (χ0) is 44.3. The number of benzene rings is 10. The Morgan fingerprint density at radius 2 is 0.803 bits per heavy atom. The molecule has 0 saturated carbocycles. The van der Waals surface area contributed by atoms with E-state index in [4.69, 9.17) is 4.42 Å². The van der Waals surface area contributed by atoms with Gasteiger partial charge >= 0.3 is 0 Å². The van der Waals surface area contributed by atoms with Gasteiger partial charge in [0.25, 0.3) is 0 Å². The van der Waals surface area contributed by atoms with Crippen molar-refractivity contribution >= 4 is 49.8 Å². The van der Waals surface area contributed by atoms with Gasteiger partial charge in [0.05, 0.1) is 0 Å². The van der Waals surface area contributed by atoms with Gasteiger partial charge in [-0.15, -0.1) is 0 Å². The van der Waals surface area contributed by atoms with Crippen LogP contribution in [0, 0.1) is 0 Å². The van der Waals surface area contributed by atoms with E-state index in [-0.39, 0.29) is 10.8 Å². The van der Waals surface area contributed by atoms with E-state index in [9.17, 15) is 0 Å². The lowest BCUT2D eigenvalue weighted by Gasteiger charge is -2.26. The van der Waals surface area contributed by atoms with Crippen LogP contribution in [0.4, 0.5) is 17.1 Å². The van der Waals surface area contributed by atoms with Gasteiger partial charge < -0.3 is 9.32 Å². The van der Waals surface area contributed by atoms with Gasteiger partial charge in [-0.3, -0.25) is 0 Å². The molecule has 0 fully saturated rings. The quantitative estimate of drug-likeness (QED) is 0.166. The average molecular weight is 846 g/mol. The lowest BCUT2D eigenvalue weighted by molar-refractivity contribution is 0.660. The maximum absolute atomic E-state index is 6.76. The predicted octanol–water partition coefficient (Wildman–Crippen LogP) is 17.8. The highest BCUT2D eigenvalue weighted by atomic mass is 16.3. The zero-order valence-electron chi connectivity index (χ0n) is 37.6. The Labute approximate surface area is 386 Å². The smallest absolute Gasteiger partial charge is 0.143 e. The van der Waals surface area contributed by atoms with Crippen molar-refractivity contribution in [3.63, 3.8) is 0 Å². The molecule has 0 unspecified atom stereocenters. The predicted molar refractivity (Wildman–Crippen MR) is 277 cm³/mol. The van der Waals surface area contributed by atoms with Crippen LogP contribution in [-0.4, -0.2) is 0 Å². The molecule has 0 saturated heterocycles. The standard InChI is InChI=1S/C64H47NO/c1-63(2)57-21-10-8-16-55(57)60-48(17-12-22-58(60)63)42-25-33-46(34-26-42)65(45-31-23-40(24-32-45)44-30-37-52-51-15-7-9-20-56(51)64(3,4)59(52)39-44)47-35-27-43(28-36-47)50-18-11-19-53-54-38-29-41-13-5-6-14-49(41)62(54)66-61(50)53/h5-39H,1-4H3. The van der Waals surface area contributed by atoms with Crippen LogP contribution < -0.4 is 4.90 Å². The van der Waals surface area contributed by atoms with E-state index in [1.54, 1.807) is 0 Å². The molecule has 1 heterocycles. The molecular formula is C64H47NO. The van der Waals surface area contributed by atoms with Crippen molar-refractivity contribution in [3.8, 4) is 55.6 Å². The van der Waals surface area contributed by atoms with Gasteiger partial charge in [-0.25, -0.2) is 0 Å². The molecule has 0 aliphatic heterocycles. The minimum Gasteiger partial charge on any atom is -0.455 e. The van der Waals surface area contributed by atoms with Crippen molar-refractivity contribution in [2.24, 2.45) is 0 Å². The Hall–Kier alpha value is -7.94. The van der Waals surface area contributed by atoms with Crippen LogP contribution >= 0.6 is 0 Å². The SMILES string of the molecule is CC1(C)c2ccccc2-c2ccc(-c3ccc(N(c4ccc(-c5cccc6c5-c5ccccc5C6(C)C)cc4)c4ccc(-c5cccc6c5oc5c7ccccc7ccc65)cc4)cc3)cc21. The first kappa shape index (κ1) is 38.5. The number of fused-ring (bicyclic) bond motifs is 11. The van der Waals surface area contributed by atoms with Gasteiger partial charge in [0.2, 0.25) is 0 Å². The van der Waals surface area contributed by atoms with Crippen molar-refractivity contribution in [3.05, 3.63) is 235 Å². The van der Waals surface area contributed by atoms with Crippen molar-refractivity contribution in [1.29, 1.82) is 0 Å². The van der Waals surface area contributed by atoms with E-state index in [0.29, 0.717) is 0 Å². The van der Waals surface area contributed by atoms with E-state index < -0.39 is 0 Å². The molecule has 2 aliphatic rings. The van der Waals surface area contributed by atoms with E-state index in [1.807, 2.05) is 0 Å². The summed E-state index contributed by atoms with van der Waals surface area (Å²) < 4.78 is 6.76. The van der Waals surface area contributed by atoms with Gasteiger partial charge in [0.1, 0.15) is 11.2 Å². The third kappa shape index (κ3) is 5.67. The fourth-order valence-corrected chi connectivity index (χ4v) is 11.5. The summed E-state index contributed by atoms with van der Waals surface area (Å²) in [5, 5.41) is 4.59. The van der Waals surface area contributed by atoms with Gasteiger partial charge in [-0.2, -0.15) is 0 Å². The fraction of sp³-hybridized carbons (Fsp3) is 0.0938. The fourth-order valence-electron chi connectivity index (χ4n) is 11.5. The maximum atomic E-state index is 6.76. The first-order chi connectivity index (χ1) is 32.2. The Morgan fingerprint density at radius 3 is 1.53 bits per heavy atom. The van der Waals surface area contributed by atoms with Gasteiger partial charge in [-0.1, -0.05) is 191 Å². The first-order valence-electron chi connectivity index (χ1n) is 23.2. The van der Waals surface area contributed by atoms with E-state index >= 15 is 0 Å². The van der Waals surface area contributed by atoms with Gasteiger partial charge in [0.15, 0.2) is 0 Å². The molecule has 0 N–H and O–H groups in total. The summed E-state index contributed by atoms with van der Waals surface area (Å²) in [7, 11) is 0. The van der Waals surface area contributed by atoms with Crippen molar-refractivity contribution < 1.29 is 4.42 Å². The molecule has 0 amide bonds. The molecule has 13 rings (SSSR count). The minimum atomic E-state index is -0.0548. The molecular weight excluding hydrogens is 799 g/mol. The summed E-state index contributed by atoms with van der Waals surface area (Å²) in [6, 6.07) is 78.2. The van der Waals surface area contributed by atoms with Crippen LogP contribution in [0.2, 0.25) is 0 Å². The highest BCUT2D eigenvalue weighted by molar-refractivity contribution is 6.17. The van der Waals surface area contributed by atoms with Crippen molar-refractivity contribution in [2.45, 2.75) is 38.5 Å². The molecule has 10 aromatic carbocycles. The third-order valence-electron chi connectivity index (χ3n) is 14.9. The molecule has 0 spiro atoms. The molecule has 1 aromatic heterocycles. The molecule has 0 bridgehead atoms. The first-order valence-corrected chi connectivity index (χ1v) is 23.2. The summed E-state index contributed by atoms with van der Waals surface area (Å²) in [4.78, 5) is 2.38. The number of hydrogen-bond donors (Lipinski definition) is 0. The lowest BCUT2D eigenvalue weighted by Crippen LogP contribution is -2.14. The van der Waals surface area contributed by atoms with Crippen LogP contribution in [0.3, 0.4) is 0 Å². The molecule has 314 valence electrons. The molecule has 2 heteroatoms. The topological polar surface area (TPSA) is 16.4 Å². The average Bonchev–Trinajstić information content (AvgIpc) is 3.95. The van der Waals surface area contributed by atoms with Crippen LogP contribution in [0.5, 0.6) is 0 Å². The number of para-hydroxylation sites is 1. The third-order valence-corrected chi connectivity index (χ3v) is 14.9. The Bertz CT molecular complexity index is 3740. The van der Waals surface area contributed by atoms with E-state index in [1.165, 1.54) is 72.1 Å². The summed E-state index contributed by atoms with van der Waals surface area (Å²) in [5.74, 6) is 0. The largest absolute Gasteiger partial charge is 0.455 e. The summed E-state index contributed by atoms with van der Waals surface area (Å²) in [6.07, 6.45) is 0.